The van der Waals surface area contributed by atoms with Gasteiger partial charge in [0.05, 0.1) is 11.3 Å². The molecule has 0 unspecified atom stereocenters. The number of carboxylic acids is 1. The van der Waals surface area contributed by atoms with E-state index in [0.29, 0.717) is 11.4 Å². The van der Waals surface area contributed by atoms with Crippen LogP contribution < -0.4 is 10.2 Å². The Morgan fingerprint density at radius 2 is 1.81 bits per heavy atom. The molecular weight excluding hydrogens is 356 g/mol. The molecule has 0 aliphatic carbocycles. The quantitative estimate of drug-likeness (QED) is 0.788. The summed E-state index contributed by atoms with van der Waals surface area (Å²) in [6.45, 7) is 2.01. The second kappa shape index (κ2) is 7.01. The van der Waals surface area contributed by atoms with Gasteiger partial charge in [-0.15, -0.1) is 0 Å². The Morgan fingerprint density at radius 1 is 1.12 bits per heavy atom. The van der Waals surface area contributed by atoms with Crippen molar-refractivity contribution in [3.8, 4) is 0 Å². The van der Waals surface area contributed by atoms with Crippen molar-refractivity contribution in [2.45, 2.75) is 13.3 Å². The van der Waals surface area contributed by atoms with Gasteiger partial charge in [0.25, 0.3) is 11.8 Å². The first-order valence-corrected chi connectivity index (χ1v) is 8.28. The molecule has 2 aromatic carbocycles. The van der Waals surface area contributed by atoms with Crippen molar-refractivity contribution >= 4 is 40.8 Å². The van der Waals surface area contributed by atoms with Gasteiger partial charge in [0.15, 0.2) is 0 Å². The number of anilines is 2. The fraction of sp³-hybridized carbons (Fsp3) is 0.105. The first-order valence-electron chi connectivity index (χ1n) is 7.90. The van der Waals surface area contributed by atoms with Crippen LogP contribution in [0, 0.1) is 0 Å². The highest BCUT2D eigenvalue weighted by Gasteiger charge is 2.38. The minimum atomic E-state index is -1.10. The van der Waals surface area contributed by atoms with E-state index >= 15 is 0 Å². The van der Waals surface area contributed by atoms with Gasteiger partial charge >= 0.3 is 5.97 Å². The topological polar surface area (TPSA) is 86.7 Å². The lowest BCUT2D eigenvalue weighted by Gasteiger charge is -2.15. The molecule has 0 fully saturated rings. The van der Waals surface area contributed by atoms with Crippen molar-refractivity contribution in [1.29, 1.82) is 0 Å². The number of nitrogens with one attached hydrogen (secondary N) is 1. The van der Waals surface area contributed by atoms with Gasteiger partial charge in [0.1, 0.15) is 10.7 Å². The summed E-state index contributed by atoms with van der Waals surface area (Å²) in [6, 6.07) is 12.9. The van der Waals surface area contributed by atoms with Gasteiger partial charge in [-0.3, -0.25) is 9.59 Å². The molecule has 0 saturated carbocycles. The Labute approximate surface area is 154 Å². The number of carbonyl (C=O) groups is 3. The molecular formula is C19H15ClN2O4. The number of imide groups is 1. The molecule has 132 valence electrons. The van der Waals surface area contributed by atoms with Gasteiger partial charge in [0, 0.05) is 5.69 Å². The fourth-order valence-electron chi connectivity index (χ4n) is 2.60. The van der Waals surface area contributed by atoms with E-state index in [1.54, 1.807) is 18.2 Å². The summed E-state index contributed by atoms with van der Waals surface area (Å²) in [7, 11) is 0. The molecule has 0 aromatic heterocycles. The number of nitrogens with zero attached hydrogens (tertiary/aromatic N) is 1. The zero-order valence-electron chi connectivity index (χ0n) is 13.8. The molecule has 6 nitrogen and oxygen atoms in total. The van der Waals surface area contributed by atoms with Crippen LogP contribution in [0.2, 0.25) is 0 Å². The first kappa shape index (κ1) is 17.7. The van der Waals surface area contributed by atoms with Crippen LogP contribution in [0.3, 0.4) is 0 Å². The number of benzene rings is 2. The van der Waals surface area contributed by atoms with E-state index in [4.69, 9.17) is 16.7 Å². The fourth-order valence-corrected chi connectivity index (χ4v) is 2.81. The van der Waals surface area contributed by atoms with Crippen LogP contribution in [0.15, 0.2) is 59.3 Å². The minimum absolute atomic E-state index is 0.0514. The average Bonchev–Trinajstić information content (AvgIpc) is 2.85. The van der Waals surface area contributed by atoms with Crippen molar-refractivity contribution in [2.24, 2.45) is 0 Å². The zero-order valence-corrected chi connectivity index (χ0v) is 14.6. The molecule has 0 spiro atoms. The maximum absolute atomic E-state index is 12.7. The average molecular weight is 371 g/mol. The number of halogens is 1. The summed E-state index contributed by atoms with van der Waals surface area (Å²) in [4.78, 5) is 37.2. The maximum atomic E-state index is 12.7. The summed E-state index contributed by atoms with van der Waals surface area (Å²) < 4.78 is 0. The molecule has 1 aliphatic heterocycles. The molecule has 0 bridgehead atoms. The Hall–Kier alpha value is -3.12. The molecule has 3 rings (SSSR count). The van der Waals surface area contributed by atoms with Gasteiger partial charge < -0.3 is 10.4 Å². The summed E-state index contributed by atoms with van der Waals surface area (Å²) in [6.07, 6.45) is 0.841. The molecule has 7 heteroatoms. The number of rotatable bonds is 5. The number of aromatic carboxylic acids is 1. The molecule has 1 heterocycles. The molecule has 2 N–H and O–H groups in total. The van der Waals surface area contributed by atoms with Crippen molar-refractivity contribution in [2.75, 3.05) is 10.2 Å². The lowest BCUT2D eigenvalue weighted by molar-refractivity contribution is -0.120. The van der Waals surface area contributed by atoms with Crippen LogP contribution in [0.1, 0.15) is 22.8 Å². The Balaban J connectivity index is 1.89. The van der Waals surface area contributed by atoms with Gasteiger partial charge in [-0.1, -0.05) is 36.7 Å². The number of amides is 2. The highest BCUT2D eigenvalue weighted by molar-refractivity contribution is 6.53. The second-order valence-corrected chi connectivity index (χ2v) is 6.04. The van der Waals surface area contributed by atoms with E-state index in [1.807, 2.05) is 19.1 Å². The van der Waals surface area contributed by atoms with E-state index in [2.05, 4.69) is 5.32 Å². The lowest BCUT2D eigenvalue weighted by Crippen LogP contribution is -2.32. The Morgan fingerprint density at radius 3 is 2.42 bits per heavy atom. The molecule has 1 aliphatic rings. The number of carbonyl (C=O) groups excluding carboxylic acids is 2. The number of hydrogen-bond acceptors (Lipinski definition) is 4. The highest BCUT2D eigenvalue weighted by atomic mass is 35.5. The summed E-state index contributed by atoms with van der Waals surface area (Å²) in [5.41, 5.74) is 1.82. The second-order valence-electron chi connectivity index (χ2n) is 5.67. The monoisotopic (exact) mass is 370 g/mol. The highest BCUT2D eigenvalue weighted by Crippen LogP contribution is 2.30. The van der Waals surface area contributed by atoms with Crippen LogP contribution >= 0.6 is 11.6 Å². The third kappa shape index (κ3) is 3.19. The van der Waals surface area contributed by atoms with Crippen molar-refractivity contribution in [3.63, 3.8) is 0 Å². The van der Waals surface area contributed by atoms with Crippen molar-refractivity contribution in [3.05, 3.63) is 70.4 Å². The third-order valence-electron chi connectivity index (χ3n) is 4.01. The smallest absolute Gasteiger partial charge is 0.335 e. The molecule has 0 atom stereocenters. The van der Waals surface area contributed by atoms with Gasteiger partial charge in [-0.05, 0) is 42.3 Å². The molecule has 26 heavy (non-hydrogen) atoms. The maximum Gasteiger partial charge on any atom is 0.335 e. The molecule has 2 amide bonds. The Kier molecular flexibility index (Phi) is 4.77. The number of carboxylic acid groups (broad SMARTS) is 1. The standard InChI is InChI=1S/C19H15ClN2O4/c1-2-11-6-8-14(9-7-11)22-17(23)15(20)16(18(22)24)21-13-5-3-4-12(10-13)19(25)26/h3-10,21H,2H2,1H3,(H,25,26). The largest absolute Gasteiger partial charge is 0.478 e. The number of hydrogen-bond donors (Lipinski definition) is 2. The summed E-state index contributed by atoms with van der Waals surface area (Å²) >= 11 is 6.07. The van der Waals surface area contributed by atoms with Crippen LogP contribution in [0.25, 0.3) is 0 Å². The van der Waals surface area contributed by atoms with E-state index in [-0.39, 0.29) is 16.3 Å². The van der Waals surface area contributed by atoms with Crippen LogP contribution in [-0.2, 0) is 16.0 Å². The predicted molar refractivity (Wildman–Crippen MR) is 98.2 cm³/mol. The van der Waals surface area contributed by atoms with Crippen LogP contribution in [0.4, 0.5) is 11.4 Å². The first-order chi connectivity index (χ1) is 12.4. The summed E-state index contributed by atoms with van der Waals surface area (Å²) in [5, 5.41) is 11.6. The lowest BCUT2D eigenvalue weighted by atomic mass is 10.1. The third-order valence-corrected chi connectivity index (χ3v) is 4.36. The van der Waals surface area contributed by atoms with E-state index in [0.717, 1.165) is 16.9 Å². The Bertz CT molecular complexity index is 935. The predicted octanol–water partition coefficient (Wildman–Crippen LogP) is 3.38. The SMILES string of the molecule is CCc1ccc(N2C(=O)C(Cl)=C(Nc3cccc(C(=O)O)c3)C2=O)cc1. The van der Waals surface area contributed by atoms with Crippen LogP contribution in [0.5, 0.6) is 0 Å². The normalized spacial score (nSPS) is 14.2. The van der Waals surface area contributed by atoms with Gasteiger partial charge in [-0.2, -0.15) is 0 Å². The number of aryl methyl sites for hydroxylation is 1. The molecule has 0 saturated heterocycles. The van der Waals surface area contributed by atoms with E-state index in [9.17, 15) is 14.4 Å². The van der Waals surface area contributed by atoms with Crippen molar-refractivity contribution in [1.82, 2.24) is 0 Å². The van der Waals surface area contributed by atoms with E-state index in [1.165, 1.54) is 18.2 Å². The van der Waals surface area contributed by atoms with Crippen LogP contribution in [-0.4, -0.2) is 22.9 Å². The molecule has 0 radical (unpaired) electrons. The van der Waals surface area contributed by atoms with Gasteiger partial charge in [0.2, 0.25) is 0 Å². The zero-order chi connectivity index (χ0) is 18.8. The van der Waals surface area contributed by atoms with Gasteiger partial charge in [-0.25, -0.2) is 9.69 Å². The molecule has 2 aromatic rings. The summed E-state index contributed by atoms with van der Waals surface area (Å²) in [5.74, 6) is -2.32. The van der Waals surface area contributed by atoms with E-state index < -0.39 is 17.8 Å². The van der Waals surface area contributed by atoms with Crippen molar-refractivity contribution < 1.29 is 19.5 Å². The minimum Gasteiger partial charge on any atom is -0.478 e.